The molecule has 0 radical (unpaired) electrons. The van der Waals surface area contributed by atoms with Crippen molar-refractivity contribution in [2.45, 2.75) is 25.4 Å². The van der Waals surface area contributed by atoms with Gasteiger partial charge in [0.2, 0.25) is 0 Å². The van der Waals surface area contributed by atoms with Crippen LogP contribution < -0.4 is 14.5 Å². The van der Waals surface area contributed by atoms with E-state index in [9.17, 15) is 9.59 Å². The highest BCUT2D eigenvalue weighted by atomic mass is 16.5. The quantitative estimate of drug-likeness (QED) is 0.356. The molecular weight excluding hydrogens is 440 g/mol. The summed E-state index contributed by atoms with van der Waals surface area (Å²) in [5, 5.41) is 0. The first-order chi connectivity index (χ1) is 17.1. The van der Waals surface area contributed by atoms with Crippen molar-refractivity contribution in [3.8, 4) is 5.75 Å². The fourth-order valence-electron chi connectivity index (χ4n) is 4.75. The summed E-state index contributed by atoms with van der Waals surface area (Å²) in [6.45, 7) is 2.02. The van der Waals surface area contributed by atoms with Gasteiger partial charge in [0.05, 0.1) is 19.4 Å². The number of rotatable bonds is 5. The van der Waals surface area contributed by atoms with Gasteiger partial charge in [-0.05, 0) is 73.5 Å². The number of carbonyl (C=O) groups is 2. The number of carbonyl (C=O) groups excluding carboxylic acids is 2. The van der Waals surface area contributed by atoms with Crippen LogP contribution in [0.5, 0.6) is 5.75 Å². The topological polar surface area (TPSA) is 63.0 Å². The fraction of sp³-hybridized carbons (Fsp3) is 0.172. The minimum absolute atomic E-state index is 0.0883. The van der Waals surface area contributed by atoms with E-state index in [4.69, 9.17) is 9.15 Å². The summed E-state index contributed by atoms with van der Waals surface area (Å²) >= 11 is 0. The van der Waals surface area contributed by atoms with Crippen LogP contribution in [0.25, 0.3) is 0 Å². The number of methoxy groups -OCH3 is 1. The predicted molar refractivity (Wildman–Crippen MR) is 135 cm³/mol. The Labute approximate surface area is 204 Å². The molecule has 6 nitrogen and oxygen atoms in total. The molecule has 4 aromatic rings. The summed E-state index contributed by atoms with van der Waals surface area (Å²) in [6, 6.07) is 27.5. The molecule has 176 valence electrons. The number of ether oxygens (including phenoxy) is 1. The number of nitrogens with zero attached hydrogens (tertiary/aromatic N) is 2. The van der Waals surface area contributed by atoms with Crippen LogP contribution >= 0.6 is 0 Å². The van der Waals surface area contributed by atoms with Crippen LogP contribution in [0, 0.1) is 0 Å². The molecule has 0 unspecified atom stereocenters. The maximum atomic E-state index is 13.7. The van der Waals surface area contributed by atoms with Gasteiger partial charge in [0, 0.05) is 23.0 Å². The van der Waals surface area contributed by atoms with Crippen LogP contribution in [0.3, 0.4) is 0 Å². The molecule has 0 saturated heterocycles. The highest BCUT2D eigenvalue weighted by molar-refractivity contribution is 6.08. The average Bonchev–Trinajstić information content (AvgIpc) is 3.44. The van der Waals surface area contributed by atoms with Crippen LogP contribution in [-0.4, -0.2) is 25.0 Å². The summed E-state index contributed by atoms with van der Waals surface area (Å²) in [7, 11) is 1.60. The highest BCUT2D eigenvalue weighted by Gasteiger charge is 2.39. The second-order valence-electron chi connectivity index (χ2n) is 8.55. The molecule has 0 spiro atoms. The van der Waals surface area contributed by atoms with E-state index in [1.165, 1.54) is 6.26 Å². The largest absolute Gasteiger partial charge is 0.497 e. The van der Waals surface area contributed by atoms with Gasteiger partial charge >= 0.3 is 0 Å². The molecule has 0 N–H and O–H groups in total. The van der Waals surface area contributed by atoms with Gasteiger partial charge in [-0.1, -0.05) is 36.4 Å². The Morgan fingerprint density at radius 1 is 0.914 bits per heavy atom. The molecule has 5 rings (SSSR count). The third kappa shape index (κ3) is 4.19. The van der Waals surface area contributed by atoms with E-state index in [0.717, 1.165) is 16.9 Å². The SMILES string of the molecule is COc1ccc(C(=O)N2c3ccccc3[C@H](N(C(=O)c3ccco3)c3ccccc3)C[C@@H]2C)cc1. The average molecular weight is 467 g/mol. The Balaban J connectivity index is 1.58. The van der Waals surface area contributed by atoms with Crippen LogP contribution in [0.15, 0.2) is 102 Å². The molecule has 1 aliphatic heterocycles. The molecule has 1 aliphatic rings. The second-order valence-corrected chi connectivity index (χ2v) is 8.55. The smallest absolute Gasteiger partial charge is 0.294 e. The minimum Gasteiger partial charge on any atom is -0.497 e. The van der Waals surface area contributed by atoms with Crippen molar-refractivity contribution >= 4 is 23.2 Å². The van der Waals surface area contributed by atoms with Crippen LogP contribution in [0.2, 0.25) is 0 Å². The standard InChI is InChI=1S/C29H26N2O4/c1-20-19-26(31(22-9-4-3-5-10-22)29(33)27-13-8-18-35-27)24-11-6-7-12-25(24)30(20)28(32)21-14-16-23(34-2)17-15-21/h3-18,20,26H,19H2,1-2H3/t20-,26+/m0/s1. The molecule has 2 atom stereocenters. The molecule has 0 aliphatic carbocycles. The van der Waals surface area contributed by atoms with Gasteiger partial charge in [-0.2, -0.15) is 0 Å². The van der Waals surface area contributed by atoms with Crippen LogP contribution in [0.4, 0.5) is 11.4 Å². The summed E-state index contributed by atoms with van der Waals surface area (Å²) in [6.07, 6.45) is 2.07. The number of anilines is 2. The number of amides is 2. The molecule has 6 heteroatoms. The zero-order valence-electron chi connectivity index (χ0n) is 19.6. The van der Waals surface area contributed by atoms with Crippen LogP contribution in [0.1, 0.15) is 45.9 Å². The summed E-state index contributed by atoms with van der Waals surface area (Å²) < 4.78 is 10.7. The lowest BCUT2D eigenvalue weighted by Gasteiger charge is -2.43. The van der Waals surface area contributed by atoms with E-state index < -0.39 is 0 Å². The van der Waals surface area contributed by atoms with Crippen molar-refractivity contribution in [3.63, 3.8) is 0 Å². The Morgan fingerprint density at radius 2 is 1.63 bits per heavy atom. The van der Waals surface area contributed by atoms with E-state index in [2.05, 4.69) is 0 Å². The molecule has 0 bridgehead atoms. The summed E-state index contributed by atoms with van der Waals surface area (Å²) in [4.78, 5) is 30.9. The fourth-order valence-corrected chi connectivity index (χ4v) is 4.75. The lowest BCUT2D eigenvalue weighted by atomic mass is 9.89. The molecule has 3 aromatic carbocycles. The van der Waals surface area contributed by atoms with Gasteiger partial charge in [-0.15, -0.1) is 0 Å². The van der Waals surface area contributed by atoms with E-state index >= 15 is 0 Å². The molecular formula is C29H26N2O4. The van der Waals surface area contributed by atoms with Gasteiger partial charge in [0.25, 0.3) is 11.8 Å². The number of hydrogen-bond acceptors (Lipinski definition) is 4. The Morgan fingerprint density at radius 3 is 2.31 bits per heavy atom. The maximum Gasteiger partial charge on any atom is 0.294 e. The zero-order valence-corrected chi connectivity index (χ0v) is 19.6. The maximum absolute atomic E-state index is 13.7. The van der Waals surface area contributed by atoms with Gasteiger partial charge < -0.3 is 14.1 Å². The number of fused-ring (bicyclic) bond motifs is 1. The van der Waals surface area contributed by atoms with Crippen molar-refractivity contribution in [1.82, 2.24) is 0 Å². The molecule has 2 heterocycles. The van der Waals surface area contributed by atoms with Gasteiger partial charge in [0.1, 0.15) is 5.75 Å². The number of benzene rings is 3. The first-order valence-corrected chi connectivity index (χ1v) is 11.6. The van der Waals surface area contributed by atoms with Crippen molar-refractivity contribution in [1.29, 1.82) is 0 Å². The zero-order chi connectivity index (χ0) is 24.4. The molecule has 0 saturated carbocycles. The van der Waals surface area contributed by atoms with E-state index in [1.54, 1.807) is 48.4 Å². The van der Waals surface area contributed by atoms with E-state index in [0.29, 0.717) is 17.7 Å². The van der Waals surface area contributed by atoms with Crippen LogP contribution in [-0.2, 0) is 0 Å². The van der Waals surface area contributed by atoms with Crippen molar-refractivity contribution in [2.75, 3.05) is 16.9 Å². The lowest BCUT2D eigenvalue weighted by Crippen LogP contribution is -2.47. The minimum atomic E-state index is -0.277. The summed E-state index contributed by atoms with van der Waals surface area (Å²) in [5.74, 6) is 0.664. The molecule has 35 heavy (non-hydrogen) atoms. The normalized spacial score (nSPS) is 16.9. The van der Waals surface area contributed by atoms with Crippen molar-refractivity contribution < 1.29 is 18.7 Å². The van der Waals surface area contributed by atoms with Gasteiger partial charge in [-0.3, -0.25) is 14.5 Å². The first kappa shape index (κ1) is 22.5. The van der Waals surface area contributed by atoms with E-state index in [-0.39, 0.29) is 29.7 Å². The Bertz CT molecular complexity index is 1320. The number of hydrogen-bond donors (Lipinski definition) is 0. The number of furan rings is 1. The molecule has 1 aromatic heterocycles. The lowest BCUT2D eigenvalue weighted by molar-refractivity contribution is 0.0944. The Hall–Kier alpha value is -4.32. The first-order valence-electron chi connectivity index (χ1n) is 11.6. The van der Waals surface area contributed by atoms with Crippen molar-refractivity contribution in [2.24, 2.45) is 0 Å². The van der Waals surface area contributed by atoms with E-state index in [1.807, 2.05) is 66.4 Å². The Kier molecular flexibility index (Phi) is 6.10. The third-order valence-corrected chi connectivity index (χ3v) is 6.41. The van der Waals surface area contributed by atoms with Crippen molar-refractivity contribution in [3.05, 3.63) is 114 Å². The number of para-hydroxylation sites is 2. The highest BCUT2D eigenvalue weighted by Crippen LogP contribution is 2.43. The second kappa shape index (κ2) is 9.50. The van der Waals surface area contributed by atoms with Gasteiger partial charge in [-0.25, -0.2) is 0 Å². The predicted octanol–water partition coefficient (Wildman–Crippen LogP) is 6.12. The monoisotopic (exact) mass is 466 g/mol. The summed E-state index contributed by atoms with van der Waals surface area (Å²) in [5.41, 5.74) is 3.06. The molecule has 2 amide bonds. The third-order valence-electron chi connectivity index (χ3n) is 6.41. The molecule has 0 fully saturated rings. The van der Waals surface area contributed by atoms with Gasteiger partial charge in [0.15, 0.2) is 5.76 Å².